The first-order chi connectivity index (χ1) is 18.5. The van der Waals surface area contributed by atoms with Crippen molar-refractivity contribution in [2.24, 2.45) is 10.8 Å². The molecule has 3 aliphatic rings. The third-order valence-corrected chi connectivity index (χ3v) is 8.18. The quantitative estimate of drug-likeness (QED) is 0.376. The Morgan fingerprint density at radius 1 is 0.769 bits per heavy atom. The summed E-state index contributed by atoms with van der Waals surface area (Å²) in [5, 5.41) is 0. The van der Waals surface area contributed by atoms with Crippen LogP contribution in [0.3, 0.4) is 0 Å². The van der Waals surface area contributed by atoms with Gasteiger partial charge in [0, 0.05) is 47.8 Å². The Bertz CT molecular complexity index is 1290. The second-order valence-electron chi connectivity index (χ2n) is 12.7. The van der Waals surface area contributed by atoms with Gasteiger partial charge in [-0.05, 0) is 60.8 Å². The molecule has 0 spiro atoms. The average Bonchev–Trinajstić information content (AvgIpc) is 2.86. The van der Waals surface area contributed by atoms with Crippen molar-refractivity contribution in [3.05, 3.63) is 82.2 Å². The average molecular weight is 528 g/mol. The molecule has 2 aliphatic carbocycles. The maximum absolute atomic E-state index is 13.9. The minimum absolute atomic E-state index is 0.119. The number of hydrogen-bond acceptors (Lipinski definition) is 5. The van der Waals surface area contributed by atoms with Gasteiger partial charge >= 0.3 is 0 Å². The molecule has 39 heavy (non-hydrogen) atoms. The second kappa shape index (κ2) is 10.3. The minimum Gasteiger partial charge on any atom is -0.490 e. The first-order valence-electron chi connectivity index (χ1n) is 14.3. The summed E-state index contributed by atoms with van der Waals surface area (Å²) in [5.74, 6) is 1.21. The van der Waals surface area contributed by atoms with Gasteiger partial charge in [-0.15, -0.1) is 0 Å². The SMILES string of the molecule is CCOc1cc(C2C3=C(CC(C)(C)CC3=O)N(CC)C3=C2C(=O)CC(C)(C)C3)ccc1OCc1ccccc1. The van der Waals surface area contributed by atoms with Gasteiger partial charge in [-0.2, -0.15) is 0 Å². The largest absolute Gasteiger partial charge is 0.490 e. The maximum Gasteiger partial charge on any atom is 0.162 e. The summed E-state index contributed by atoms with van der Waals surface area (Å²) < 4.78 is 12.2. The molecule has 0 saturated heterocycles. The van der Waals surface area contributed by atoms with Crippen LogP contribution in [-0.4, -0.2) is 29.6 Å². The molecule has 0 saturated carbocycles. The fourth-order valence-corrected chi connectivity index (χ4v) is 6.59. The zero-order chi connectivity index (χ0) is 27.9. The minimum atomic E-state index is -0.382. The van der Waals surface area contributed by atoms with Crippen molar-refractivity contribution >= 4 is 11.6 Å². The van der Waals surface area contributed by atoms with E-state index in [4.69, 9.17) is 9.47 Å². The molecule has 0 bridgehead atoms. The predicted octanol–water partition coefficient (Wildman–Crippen LogP) is 7.37. The van der Waals surface area contributed by atoms with Crippen molar-refractivity contribution in [3.63, 3.8) is 0 Å². The number of carbonyl (C=O) groups is 2. The molecular formula is C34H41NO4. The van der Waals surface area contributed by atoms with Gasteiger partial charge < -0.3 is 14.4 Å². The summed E-state index contributed by atoms with van der Waals surface area (Å²) in [6, 6.07) is 16.0. The lowest BCUT2D eigenvalue weighted by Gasteiger charge is -2.48. The molecule has 0 aromatic heterocycles. The van der Waals surface area contributed by atoms with Crippen molar-refractivity contribution in [3.8, 4) is 11.5 Å². The lowest BCUT2D eigenvalue weighted by atomic mass is 9.63. The summed E-state index contributed by atoms with van der Waals surface area (Å²) in [7, 11) is 0. The topological polar surface area (TPSA) is 55.8 Å². The number of carbonyl (C=O) groups excluding carboxylic acids is 2. The summed E-state index contributed by atoms with van der Waals surface area (Å²) in [6.45, 7) is 14.4. The fraction of sp³-hybridized carbons (Fsp3) is 0.471. The van der Waals surface area contributed by atoms with Crippen LogP contribution in [0.4, 0.5) is 0 Å². The van der Waals surface area contributed by atoms with Crippen LogP contribution in [0, 0.1) is 10.8 Å². The molecule has 5 nitrogen and oxygen atoms in total. The Morgan fingerprint density at radius 3 is 1.90 bits per heavy atom. The monoisotopic (exact) mass is 527 g/mol. The van der Waals surface area contributed by atoms with E-state index in [1.165, 1.54) is 0 Å². The van der Waals surface area contributed by atoms with Gasteiger partial charge in [-0.25, -0.2) is 0 Å². The van der Waals surface area contributed by atoms with Crippen molar-refractivity contribution in [1.29, 1.82) is 0 Å². The molecule has 0 unspecified atom stereocenters. The van der Waals surface area contributed by atoms with E-state index in [-0.39, 0.29) is 28.3 Å². The van der Waals surface area contributed by atoms with Crippen LogP contribution in [0.2, 0.25) is 0 Å². The highest BCUT2D eigenvalue weighted by Crippen LogP contribution is 2.54. The fourth-order valence-electron chi connectivity index (χ4n) is 6.59. The number of benzene rings is 2. The van der Waals surface area contributed by atoms with E-state index < -0.39 is 0 Å². The van der Waals surface area contributed by atoms with Crippen LogP contribution in [0.15, 0.2) is 71.1 Å². The zero-order valence-electron chi connectivity index (χ0n) is 24.2. The maximum atomic E-state index is 13.9. The Balaban J connectivity index is 1.63. The van der Waals surface area contributed by atoms with Crippen molar-refractivity contribution < 1.29 is 19.1 Å². The molecule has 5 heteroatoms. The van der Waals surface area contributed by atoms with Crippen LogP contribution in [-0.2, 0) is 16.2 Å². The third-order valence-electron chi connectivity index (χ3n) is 8.18. The normalized spacial score (nSPS) is 20.6. The summed E-state index contributed by atoms with van der Waals surface area (Å²) >= 11 is 0. The van der Waals surface area contributed by atoms with Gasteiger partial charge in [0.1, 0.15) is 6.61 Å². The summed E-state index contributed by atoms with van der Waals surface area (Å²) in [4.78, 5) is 30.0. The van der Waals surface area contributed by atoms with Crippen LogP contribution >= 0.6 is 0 Å². The zero-order valence-corrected chi connectivity index (χ0v) is 24.2. The molecule has 1 heterocycles. The van der Waals surface area contributed by atoms with E-state index in [0.29, 0.717) is 37.6 Å². The van der Waals surface area contributed by atoms with E-state index in [9.17, 15) is 9.59 Å². The van der Waals surface area contributed by atoms with E-state index >= 15 is 0 Å². The third kappa shape index (κ3) is 5.28. The number of ether oxygens (including phenoxy) is 2. The number of nitrogens with zero attached hydrogens (tertiary/aromatic N) is 1. The lowest BCUT2D eigenvalue weighted by molar-refractivity contribution is -0.119. The van der Waals surface area contributed by atoms with Gasteiger partial charge in [-0.1, -0.05) is 64.1 Å². The molecule has 0 N–H and O–H groups in total. The van der Waals surface area contributed by atoms with Gasteiger partial charge in [0.15, 0.2) is 23.1 Å². The van der Waals surface area contributed by atoms with Gasteiger partial charge in [0.05, 0.1) is 6.61 Å². The van der Waals surface area contributed by atoms with E-state index in [1.54, 1.807) is 0 Å². The van der Waals surface area contributed by atoms with Crippen LogP contribution in [0.25, 0.3) is 0 Å². The second-order valence-corrected chi connectivity index (χ2v) is 12.7. The molecule has 1 aliphatic heterocycles. The van der Waals surface area contributed by atoms with Gasteiger partial charge in [-0.3, -0.25) is 9.59 Å². The number of Topliss-reactive ketones (excluding diaryl/α,β-unsaturated/α-hetero) is 2. The summed E-state index contributed by atoms with van der Waals surface area (Å²) in [6.07, 6.45) is 2.61. The van der Waals surface area contributed by atoms with Crippen LogP contribution in [0.1, 0.15) is 84.3 Å². The van der Waals surface area contributed by atoms with Gasteiger partial charge in [0.25, 0.3) is 0 Å². The number of allylic oxidation sites excluding steroid dienone is 4. The molecule has 0 fully saturated rings. The Hall–Kier alpha value is -3.34. The molecular weight excluding hydrogens is 486 g/mol. The highest BCUT2D eigenvalue weighted by atomic mass is 16.5. The molecule has 0 amide bonds. The molecule has 2 aromatic rings. The van der Waals surface area contributed by atoms with E-state index in [0.717, 1.165) is 53.1 Å². The Morgan fingerprint density at radius 2 is 1.36 bits per heavy atom. The first-order valence-corrected chi connectivity index (χ1v) is 14.3. The van der Waals surface area contributed by atoms with Crippen molar-refractivity contribution in [2.75, 3.05) is 13.2 Å². The Kier molecular flexibility index (Phi) is 7.21. The first kappa shape index (κ1) is 27.2. The number of hydrogen-bond donors (Lipinski definition) is 0. The lowest BCUT2D eigenvalue weighted by Crippen LogP contribution is -2.44. The smallest absolute Gasteiger partial charge is 0.162 e. The van der Waals surface area contributed by atoms with Gasteiger partial charge in [0.2, 0.25) is 0 Å². The van der Waals surface area contributed by atoms with E-state index in [2.05, 4.69) is 39.5 Å². The van der Waals surface area contributed by atoms with Crippen molar-refractivity contribution in [1.82, 2.24) is 4.90 Å². The van der Waals surface area contributed by atoms with Crippen LogP contribution in [0.5, 0.6) is 11.5 Å². The Labute approximate surface area is 232 Å². The molecule has 0 radical (unpaired) electrons. The van der Waals surface area contributed by atoms with E-state index in [1.807, 2.05) is 55.5 Å². The summed E-state index contributed by atoms with van der Waals surface area (Å²) in [5.41, 5.74) is 5.53. The standard InChI is InChI=1S/C34H41NO4/c1-7-35-24-17-33(3,4)19-26(36)31(24)30(32-25(35)18-34(5,6)20-27(32)37)23-14-15-28(29(16-23)38-8-2)39-21-22-12-10-9-11-13-22/h9-16,30H,7-8,17-21H2,1-6H3. The number of rotatable bonds is 7. The molecule has 0 atom stereocenters. The van der Waals surface area contributed by atoms with Crippen LogP contribution < -0.4 is 9.47 Å². The van der Waals surface area contributed by atoms with Crippen molar-refractivity contribution in [2.45, 2.75) is 79.8 Å². The molecule has 206 valence electrons. The number of ketones is 2. The predicted molar refractivity (Wildman–Crippen MR) is 154 cm³/mol. The molecule has 5 rings (SSSR count). The highest BCUT2D eigenvalue weighted by Gasteiger charge is 2.48. The highest BCUT2D eigenvalue weighted by molar-refractivity contribution is 6.06. The molecule has 2 aromatic carbocycles.